The molecule has 1 unspecified atom stereocenters. The second-order valence-electron chi connectivity index (χ2n) is 7.12. The van der Waals surface area contributed by atoms with Gasteiger partial charge in [-0.1, -0.05) is 18.2 Å². The molecule has 3 aromatic rings. The fourth-order valence-electron chi connectivity index (χ4n) is 4.30. The van der Waals surface area contributed by atoms with Crippen molar-refractivity contribution in [1.82, 2.24) is 9.88 Å². The first-order chi connectivity index (χ1) is 13.8. The molecule has 0 radical (unpaired) electrons. The van der Waals surface area contributed by atoms with Gasteiger partial charge in [-0.05, 0) is 42.7 Å². The molecule has 144 valence electrons. The summed E-state index contributed by atoms with van der Waals surface area (Å²) in [6, 6.07) is 16.8. The van der Waals surface area contributed by atoms with Crippen LogP contribution in [0.3, 0.4) is 0 Å². The van der Waals surface area contributed by atoms with Crippen LogP contribution in [0.15, 0.2) is 42.5 Å². The smallest absolute Gasteiger partial charge is 0.124 e. The first-order valence-corrected chi connectivity index (χ1v) is 9.69. The second kappa shape index (κ2) is 7.95. The van der Waals surface area contributed by atoms with Gasteiger partial charge in [-0.3, -0.25) is 4.90 Å². The van der Waals surface area contributed by atoms with Gasteiger partial charge in [0.2, 0.25) is 0 Å². The molecule has 0 aliphatic carbocycles. The Hall–Kier alpha value is -2.97. The molecule has 0 fully saturated rings. The number of nitrogens with zero attached hydrogens (tertiary/aromatic N) is 2. The highest BCUT2D eigenvalue weighted by Gasteiger charge is 2.33. The van der Waals surface area contributed by atoms with Crippen molar-refractivity contribution in [1.29, 1.82) is 5.26 Å². The number of rotatable bonds is 6. The van der Waals surface area contributed by atoms with Crippen molar-refractivity contribution < 1.29 is 9.47 Å². The van der Waals surface area contributed by atoms with E-state index < -0.39 is 0 Å². The van der Waals surface area contributed by atoms with Gasteiger partial charge in [0.25, 0.3) is 0 Å². The Balaban J connectivity index is 1.86. The summed E-state index contributed by atoms with van der Waals surface area (Å²) in [6.07, 6.45) is 2.42. The summed E-state index contributed by atoms with van der Waals surface area (Å²) in [5, 5.41) is 10.3. The number of methoxy groups -OCH3 is 2. The molecule has 0 spiro atoms. The number of aromatic nitrogens is 1. The highest BCUT2D eigenvalue weighted by Crippen LogP contribution is 2.42. The Labute approximate surface area is 165 Å². The van der Waals surface area contributed by atoms with E-state index in [1.54, 1.807) is 14.2 Å². The molecule has 5 heteroatoms. The van der Waals surface area contributed by atoms with Crippen molar-refractivity contribution in [3.8, 4) is 17.6 Å². The van der Waals surface area contributed by atoms with Gasteiger partial charge in [-0.2, -0.15) is 5.26 Å². The van der Waals surface area contributed by atoms with Crippen LogP contribution in [-0.4, -0.2) is 37.2 Å². The van der Waals surface area contributed by atoms with Gasteiger partial charge in [0.05, 0.1) is 26.3 Å². The molecular formula is C23H25N3O2. The third-order valence-corrected chi connectivity index (χ3v) is 5.60. The Bertz CT molecular complexity index is 1020. The number of aromatic amines is 1. The summed E-state index contributed by atoms with van der Waals surface area (Å²) in [6.45, 7) is 1.82. The summed E-state index contributed by atoms with van der Waals surface area (Å²) < 4.78 is 11.2. The van der Waals surface area contributed by atoms with E-state index in [4.69, 9.17) is 14.7 Å². The Morgan fingerprint density at radius 3 is 2.82 bits per heavy atom. The third kappa shape index (κ3) is 3.21. The number of nitriles is 1. The van der Waals surface area contributed by atoms with Crippen molar-refractivity contribution >= 4 is 10.9 Å². The predicted molar refractivity (Wildman–Crippen MR) is 110 cm³/mol. The van der Waals surface area contributed by atoms with E-state index in [9.17, 15) is 0 Å². The number of benzene rings is 2. The fraction of sp³-hybridized carbons (Fsp3) is 0.348. The van der Waals surface area contributed by atoms with Gasteiger partial charge >= 0.3 is 0 Å². The number of nitrogens with one attached hydrogen (secondary N) is 1. The third-order valence-electron chi connectivity index (χ3n) is 5.60. The van der Waals surface area contributed by atoms with Gasteiger partial charge in [-0.15, -0.1) is 0 Å². The lowest BCUT2D eigenvalue weighted by atomic mass is 9.91. The van der Waals surface area contributed by atoms with Gasteiger partial charge in [0, 0.05) is 41.7 Å². The number of ether oxygens (including phenoxy) is 2. The maximum absolute atomic E-state index is 8.97. The second-order valence-corrected chi connectivity index (χ2v) is 7.12. The normalized spacial score (nSPS) is 16.5. The van der Waals surface area contributed by atoms with Crippen LogP contribution in [0.2, 0.25) is 0 Å². The standard InChI is InChI=1S/C23H25N3O2/c1-27-16-9-10-21(28-2)19(15-16)23-22-18(11-14-26(23)13-6-5-12-24)17-7-3-4-8-20(17)25-22/h3-4,7-10,15,23,25H,5-6,11,13-14H2,1-2H3. The predicted octanol–water partition coefficient (Wildman–Crippen LogP) is 4.44. The molecule has 5 nitrogen and oxygen atoms in total. The first kappa shape index (κ1) is 18.4. The maximum Gasteiger partial charge on any atom is 0.124 e. The molecule has 1 atom stereocenters. The lowest BCUT2D eigenvalue weighted by Crippen LogP contribution is -2.37. The molecule has 4 rings (SSSR count). The minimum absolute atomic E-state index is 0.0416. The molecule has 1 aliphatic heterocycles. The fourth-order valence-corrected chi connectivity index (χ4v) is 4.30. The van der Waals surface area contributed by atoms with Crippen molar-refractivity contribution in [2.45, 2.75) is 25.3 Å². The Morgan fingerprint density at radius 1 is 1.18 bits per heavy atom. The van der Waals surface area contributed by atoms with E-state index in [1.807, 2.05) is 12.1 Å². The van der Waals surface area contributed by atoms with E-state index in [2.05, 4.69) is 46.3 Å². The van der Waals surface area contributed by atoms with E-state index >= 15 is 0 Å². The average Bonchev–Trinajstić information content (AvgIpc) is 3.12. The van der Waals surface area contributed by atoms with Crippen LogP contribution >= 0.6 is 0 Å². The van der Waals surface area contributed by atoms with Crippen LogP contribution in [0.4, 0.5) is 0 Å². The van der Waals surface area contributed by atoms with Crippen LogP contribution in [0.25, 0.3) is 10.9 Å². The van der Waals surface area contributed by atoms with E-state index in [-0.39, 0.29) is 6.04 Å². The number of hydrogen-bond donors (Lipinski definition) is 1. The van der Waals surface area contributed by atoms with Crippen molar-refractivity contribution in [2.24, 2.45) is 0 Å². The molecule has 2 heterocycles. The molecule has 28 heavy (non-hydrogen) atoms. The van der Waals surface area contributed by atoms with Crippen LogP contribution in [-0.2, 0) is 6.42 Å². The lowest BCUT2D eigenvalue weighted by molar-refractivity contribution is 0.205. The zero-order valence-electron chi connectivity index (χ0n) is 16.4. The minimum atomic E-state index is 0.0416. The van der Waals surface area contributed by atoms with Crippen molar-refractivity contribution in [3.63, 3.8) is 0 Å². The van der Waals surface area contributed by atoms with Crippen LogP contribution in [0.1, 0.15) is 35.7 Å². The molecule has 0 amide bonds. The summed E-state index contributed by atoms with van der Waals surface area (Å²) in [5.41, 5.74) is 4.85. The summed E-state index contributed by atoms with van der Waals surface area (Å²) in [7, 11) is 3.39. The zero-order valence-corrected chi connectivity index (χ0v) is 16.4. The minimum Gasteiger partial charge on any atom is -0.497 e. The quantitative estimate of drug-likeness (QED) is 0.647. The SMILES string of the molecule is COc1ccc(OC)c(C2c3[nH]c4ccccc4c3CCN2CCCC#N)c1. The average molecular weight is 375 g/mol. The van der Waals surface area contributed by atoms with Crippen molar-refractivity contribution in [3.05, 3.63) is 59.3 Å². The van der Waals surface area contributed by atoms with E-state index in [0.717, 1.165) is 43.0 Å². The lowest BCUT2D eigenvalue weighted by Gasteiger charge is -2.36. The van der Waals surface area contributed by atoms with E-state index in [1.165, 1.54) is 22.2 Å². The van der Waals surface area contributed by atoms with Gasteiger partial charge in [0.1, 0.15) is 11.5 Å². The largest absolute Gasteiger partial charge is 0.497 e. The summed E-state index contributed by atoms with van der Waals surface area (Å²) >= 11 is 0. The van der Waals surface area contributed by atoms with Gasteiger partial charge in [-0.25, -0.2) is 0 Å². The van der Waals surface area contributed by atoms with E-state index in [0.29, 0.717) is 6.42 Å². The molecule has 1 N–H and O–H groups in total. The number of para-hydroxylation sites is 1. The van der Waals surface area contributed by atoms with Gasteiger partial charge in [0.15, 0.2) is 0 Å². The first-order valence-electron chi connectivity index (χ1n) is 9.69. The number of fused-ring (bicyclic) bond motifs is 3. The molecular weight excluding hydrogens is 350 g/mol. The molecule has 0 saturated heterocycles. The van der Waals surface area contributed by atoms with Crippen LogP contribution < -0.4 is 9.47 Å². The summed E-state index contributed by atoms with van der Waals surface area (Å²) in [4.78, 5) is 6.12. The molecule has 1 aromatic heterocycles. The highest BCUT2D eigenvalue weighted by molar-refractivity contribution is 5.85. The molecule has 2 aromatic carbocycles. The molecule has 0 saturated carbocycles. The Kier molecular flexibility index (Phi) is 5.23. The highest BCUT2D eigenvalue weighted by atomic mass is 16.5. The Morgan fingerprint density at radius 2 is 2.04 bits per heavy atom. The summed E-state index contributed by atoms with van der Waals surface area (Å²) in [5.74, 6) is 1.67. The van der Waals surface area contributed by atoms with Gasteiger partial charge < -0.3 is 14.5 Å². The zero-order chi connectivity index (χ0) is 19.5. The van der Waals surface area contributed by atoms with Crippen molar-refractivity contribution in [2.75, 3.05) is 27.3 Å². The number of H-pyrrole nitrogens is 1. The topological polar surface area (TPSA) is 61.3 Å². The maximum atomic E-state index is 8.97. The molecule has 1 aliphatic rings. The molecule has 0 bridgehead atoms. The number of hydrogen-bond acceptors (Lipinski definition) is 4. The van der Waals surface area contributed by atoms with Crippen LogP contribution in [0, 0.1) is 11.3 Å². The van der Waals surface area contributed by atoms with Crippen LogP contribution in [0.5, 0.6) is 11.5 Å². The monoisotopic (exact) mass is 375 g/mol. The number of unbranched alkanes of at least 4 members (excludes halogenated alkanes) is 1.